The van der Waals surface area contributed by atoms with Crippen molar-refractivity contribution in [2.45, 2.75) is 184 Å². The monoisotopic (exact) mass is 900 g/mol. The fourth-order valence-electron chi connectivity index (χ4n) is 11.3. The fraction of sp³-hybridized carbons (Fsp3) is 0.776. The van der Waals surface area contributed by atoms with Gasteiger partial charge in [-0.2, -0.15) is 0 Å². The van der Waals surface area contributed by atoms with Gasteiger partial charge in [-0.1, -0.05) is 50.3 Å². The van der Waals surface area contributed by atoms with E-state index >= 15 is 0 Å². The zero-order valence-corrected chi connectivity index (χ0v) is 38.7. The maximum atomic E-state index is 14.4. The van der Waals surface area contributed by atoms with E-state index in [1.165, 1.54) is 0 Å². The molecular formula is C49H72O15. The lowest BCUT2D eigenvalue weighted by atomic mass is 9.71. The summed E-state index contributed by atoms with van der Waals surface area (Å²) in [6.45, 7) is 13.1. The summed E-state index contributed by atoms with van der Waals surface area (Å²) in [5.74, 6) is -2.59. The minimum Gasteiger partial charge on any atom is -0.462 e. The van der Waals surface area contributed by atoms with Crippen LogP contribution in [0.2, 0.25) is 0 Å². The number of hydrogen-bond donors (Lipinski definition) is 3. The second kappa shape index (κ2) is 20.1. The number of aliphatic hydroxyl groups is 3. The third-order valence-corrected chi connectivity index (χ3v) is 15.0. The minimum atomic E-state index is -1.84. The molecule has 358 valence electrons. The zero-order chi connectivity index (χ0) is 45.5. The second-order valence-electron chi connectivity index (χ2n) is 19.5. The van der Waals surface area contributed by atoms with Gasteiger partial charge in [-0.3, -0.25) is 4.79 Å². The molecule has 15 nitrogen and oxygen atoms in total. The van der Waals surface area contributed by atoms with Gasteiger partial charge in [0, 0.05) is 65.0 Å². The third kappa shape index (κ3) is 9.81. The first-order valence-corrected chi connectivity index (χ1v) is 23.6. The van der Waals surface area contributed by atoms with Crippen LogP contribution >= 0.6 is 0 Å². The van der Waals surface area contributed by atoms with Crippen LogP contribution in [0.5, 0.6) is 0 Å². The molecule has 0 aromatic rings. The number of aliphatic hydroxyl groups excluding tert-OH is 2. The van der Waals surface area contributed by atoms with Crippen LogP contribution in [0.1, 0.15) is 86.5 Å². The van der Waals surface area contributed by atoms with Crippen LogP contribution in [0, 0.1) is 23.7 Å². The van der Waals surface area contributed by atoms with Gasteiger partial charge in [0.25, 0.3) is 0 Å². The molecule has 2 bridgehead atoms. The molecule has 64 heavy (non-hydrogen) atoms. The van der Waals surface area contributed by atoms with Crippen molar-refractivity contribution in [3.8, 4) is 0 Å². The van der Waals surface area contributed by atoms with Crippen LogP contribution in [-0.4, -0.2) is 153 Å². The van der Waals surface area contributed by atoms with Crippen molar-refractivity contribution >= 4 is 5.97 Å². The summed E-state index contributed by atoms with van der Waals surface area (Å²) in [7, 11) is 3.22. The Morgan fingerprint density at radius 2 is 1.55 bits per heavy atom. The van der Waals surface area contributed by atoms with Gasteiger partial charge in [0.1, 0.15) is 42.0 Å². The average Bonchev–Trinajstić information content (AvgIpc) is 3.62. The molecule has 3 N–H and O–H groups in total. The molecule has 0 radical (unpaired) electrons. The van der Waals surface area contributed by atoms with Gasteiger partial charge in [0.2, 0.25) is 0 Å². The highest BCUT2D eigenvalue weighted by molar-refractivity contribution is 5.78. The van der Waals surface area contributed by atoms with E-state index in [1.807, 2.05) is 32.1 Å². The molecule has 0 amide bonds. The summed E-state index contributed by atoms with van der Waals surface area (Å²) in [5.41, 5.74) is 0.120. The lowest BCUT2D eigenvalue weighted by Gasteiger charge is -2.49. The Balaban J connectivity index is 1.08. The maximum Gasteiger partial charge on any atom is 0.316 e. The molecule has 7 aliphatic heterocycles. The van der Waals surface area contributed by atoms with Crippen molar-refractivity contribution < 1.29 is 72.2 Å². The van der Waals surface area contributed by atoms with Crippen molar-refractivity contribution in [1.29, 1.82) is 0 Å². The molecule has 1 aliphatic carbocycles. The molecule has 0 aromatic heterocycles. The number of hydrogen-bond acceptors (Lipinski definition) is 15. The molecule has 5 fully saturated rings. The zero-order valence-electron chi connectivity index (χ0n) is 38.7. The Hall–Kier alpha value is -2.35. The Kier molecular flexibility index (Phi) is 15.1. The predicted molar refractivity (Wildman–Crippen MR) is 231 cm³/mol. The van der Waals surface area contributed by atoms with Crippen molar-refractivity contribution in [2.75, 3.05) is 34.0 Å². The van der Waals surface area contributed by atoms with Crippen LogP contribution in [0.4, 0.5) is 0 Å². The molecular weight excluding hydrogens is 829 g/mol. The first kappa shape index (κ1) is 48.1. The summed E-state index contributed by atoms with van der Waals surface area (Å²) in [4.78, 5) is 14.4. The summed E-state index contributed by atoms with van der Waals surface area (Å²) in [5, 5.41) is 34.3. The van der Waals surface area contributed by atoms with E-state index in [4.69, 9.17) is 52.1 Å². The van der Waals surface area contributed by atoms with E-state index < -0.39 is 96.9 Å². The van der Waals surface area contributed by atoms with Gasteiger partial charge in [0.15, 0.2) is 18.4 Å². The molecule has 0 aromatic carbocycles. The molecule has 0 saturated carbocycles. The van der Waals surface area contributed by atoms with Crippen LogP contribution < -0.4 is 0 Å². The van der Waals surface area contributed by atoms with E-state index in [2.05, 4.69) is 26.0 Å². The van der Waals surface area contributed by atoms with Crippen molar-refractivity contribution in [1.82, 2.24) is 0 Å². The van der Waals surface area contributed by atoms with Gasteiger partial charge in [-0.25, -0.2) is 0 Å². The number of methoxy groups -OCH3 is 2. The summed E-state index contributed by atoms with van der Waals surface area (Å²) in [6.07, 6.45) is 9.34. The van der Waals surface area contributed by atoms with E-state index in [9.17, 15) is 20.1 Å². The fourth-order valence-corrected chi connectivity index (χ4v) is 11.3. The first-order chi connectivity index (χ1) is 30.6. The average molecular weight is 901 g/mol. The van der Waals surface area contributed by atoms with E-state index in [0.29, 0.717) is 56.0 Å². The van der Waals surface area contributed by atoms with Gasteiger partial charge in [-0.15, -0.1) is 0 Å². The number of ether oxygens (including phenoxy) is 11. The number of carbonyl (C=O) groups is 1. The quantitative estimate of drug-likeness (QED) is 0.235. The smallest absolute Gasteiger partial charge is 0.316 e. The highest BCUT2D eigenvalue weighted by Gasteiger charge is 2.60. The summed E-state index contributed by atoms with van der Waals surface area (Å²) in [6, 6.07) is 0. The van der Waals surface area contributed by atoms with Crippen molar-refractivity contribution in [3.63, 3.8) is 0 Å². The van der Waals surface area contributed by atoms with E-state index in [1.54, 1.807) is 40.2 Å². The number of carbonyl (C=O) groups excluding carboxylic acids is 1. The predicted octanol–water partition coefficient (Wildman–Crippen LogP) is 4.76. The summed E-state index contributed by atoms with van der Waals surface area (Å²) >= 11 is 0. The highest BCUT2D eigenvalue weighted by atomic mass is 16.7. The van der Waals surface area contributed by atoms with E-state index in [0.717, 1.165) is 18.4 Å². The molecule has 19 atom stereocenters. The number of allylic oxidation sites excluding steroid dienone is 2. The van der Waals surface area contributed by atoms with Gasteiger partial charge in [0.05, 0.1) is 49.3 Å². The lowest BCUT2D eigenvalue weighted by molar-refractivity contribution is -0.318. The highest BCUT2D eigenvalue weighted by Crippen LogP contribution is 2.47. The molecule has 5 saturated heterocycles. The Morgan fingerprint density at radius 3 is 2.30 bits per heavy atom. The normalized spacial score (nSPS) is 48.4. The number of fused-ring (bicyclic) bond motifs is 2. The van der Waals surface area contributed by atoms with Crippen LogP contribution in [0.3, 0.4) is 0 Å². The Bertz CT molecular complexity index is 1790. The minimum absolute atomic E-state index is 0.0283. The second-order valence-corrected chi connectivity index (χ2v) is 19.5. The molecule has 1 unspecified atom stereocenters. The van der Waals surface area contributed by atoms with Crippen molar-refractivity contribution in [3.05, 3.63) is 59.3 Å². The maximum absolute atomic E-state index is 14.4. The van der Waals surface area contributed by atoms with Gasteiger partial charge < -0.3 is 67.4 Å². The van der Waals surface area contributed by atoms with E-state index in [-0.39, 0.29) is 37.1 Å². The van der Waals surface area contributed by atoms with Crippen LogP contribution in [0.25, 0.3) is 0 Å². The largest absolute Gasteiger partial charge is 0.462 e. The standard InChI is InChI=1S/C49H72O15/c1-26-10-9-11-33-25-57-46-41(50)29(4)20-36(49(33,46)53)47(52)60-35-21-34(63-48(24-35)17-14-28(3)44(64-48)32-15-18-56-19-16-32)13-12-27(2)43(26)61-40-23-38(55-8)45(31(6)59-40)62-39-22-37(54-7)42(51)30(5)58-39/h9-12,14,17,20,26,28,30-32,34-46,50-51,53H,13,15-16,18-19,21-25H2,1-8H3/b10-9-,27-12-,33-11?/t26-,28-,30-,31-,34+,35-,36-,37-,38-,39-,40-,41+,42-,43-,44?,45-,46+,48+,49+/m0/s1. The Morgan fingerprint density at radius 1 is 0.828 bits per heavy atom. The van der Waals surface area contributed by atoms with Gasteiger partial charge in [-0.05, 0) is 75.7 Å². The Labute approximate surface area is 378 Å². The lowest BCUT2D eigenvalue weighted by Crippen LogP contribution is -2.58. The molecule has 15 heteroatoms. The number of esters is 1. The van der Waals surface area contributed by atoms with Crippen LogP contribution in [-0.2, 0) is 56.9 Å². The van der Waals surface area contributed by atoms with Gasteiger partial charge >= 0.3 is 5.97 Å². The number of rotatable bonds is 7. The molecule has 1 spiro atoms. The SMILES string of the molecule is CO[C@H]1C[C@H](O[C@H]2[C@H](C)O[C@@H](O[C@@H]3/C(C)=C\C[C@@H]4C[C@@H](C[C@]5(C=C[C@H](C)C(C6CCOCC6)O5)O4)OC(=O)[C@@H]4C=C(C)[C@@H](O)[C@H]5OCC(=C/C=C\[C@@H]3C)[C@]54O)C[C@@H]2OC)O[C@@H](C)[C@@H]1O. The first-order valence-electron chi connectivity index (χ1n) is 23.6. The van der Waals surface area contributed by atoms with Crippen molar-refractivity contribution in [2.24, 2.45) is 23.7 Å². The van der Waals surface area contributed by atoms with Crippen LogP contribution in [0.15, 0.2) is 59.3 Å². The third-order valence-electron chi connectivity index (χ3n) is 15.0. The summed E-state index contributed by atoms with van der Waals surface area (Å²) < 4.78 is 69.7. The molecule has 7 heterocycles. The molecule has 8 aliphatic rings. The topological polar surface area (TPSA) is 179 Å². The molecule has 8 rings (SSSR count).